The number of rotatable bonds is 3. The Morgan fingerprint density at radius 2 is 2.04 bits per heavy atom. The van der Waals surface area contributed by atoms with Gasteiger partial charge in [0.05, 0.1) is 5.92 Å². The van der Waals surface area contributed by atoms with Gasteiger partial charge in [0.15, 0.2) is 0 Å². The van der Waals surface area contributed by atoms with E-state index < -0.39 is 0 Å². The van der Waals surface area contributed by atoms with Gasteiger partial charge in [-0.05, 0) is 55.5 Å². The Kier molecular flexibility index (Phi) is 4.44. The summed E-state index contributed by atoms with van der Waals surface area (Å²) in [5, 5.41) is 0.707. The van der Waals surface area contributed by atoms with Crippen LogP contribution in [-0.4, -0.2) is 5.97 Å². The Morgan fingerprint density at radius 3 is 2.81 bits per heavy atom. The summed E-state index contributed by atoms with van der Waals surface area (Å²) >= 11 is 6.24. The number of aryl methyl sites for hydroxylation is 1. The number of carbonyl (C=O) groups excluding carboxylic acids is 1. The van der Waals surface area contributed by atoms with Gasteiger partial charge >= 0.3 is 5.97 Å². The molecule has 4 heteroatoms. The second-order valence-corrected chi connectivity index (χ2v) is 7.84. The first-order valence-electron chi connectivity index (χ1n) is 9.17. The molecule has 3 nitrogen and oxygen atoms in total. The number of halogens is 1. The lowest BCUT2D eigenvalue weighted by Crippen LogP contribution is -2.22. The molecule has 1 heterocycles. The van der Waals surface area contributed by atoms with Gasteiger partial charge in [-0.1, -0.05) is 36.7 Å². The van der Waals surface area contributed by atoms with Crippen LogP contribution in [0.4, 0.5) is 0 Å². The van der Waals surface area contributed by atoms with Crippen molar-refractivity contribution in [2.24, 2.45) is 11.8 Å². The number of esters is 1. The monoisotopic (exact) mass is 370 g/mol. The van der Waals surface area contributed by atoms with E-state index >= 15 is 0 Å². The maximum Gasteiger partial charge on any atom is 0.309 e. The molecule has 0 spiro atoms. The van der Waals surface area contributed by atoms with E-state index in [9.17, 15) is 4.79 Å². The van der Waals surface area contributed by atoms with E-state index in [1.54, 1.807) is 0 Å². The van der Waals surface area contributed by atoms with Crippen LogP contribution >= 0.6 is 11.6 Å². The van der Waals surface area contributed by atoms with Gasteiger partial charge in [-0.3, -0.25) is 4.79 Å². The van der Waals surface area contributed by atoms with Crippen LogP contribution in [0.3, 0.4) is 0 Å². The molecule has 1 aliphatic carbocycles. The summed E-state index contributed by atoms with van der Waals surface area (Å²) in [6.45, 7) is 6.58. The fraction of sp³-hybridized carbons (Fsp3) is 0.409. The highest BCUT2D eigenvalue weighted by molar-refractivity contribution is 6.31. The number of ether oxygens (including phenoxy) is 2. The minimum atomic E-state index is -0.135. The molecule has 0 aromatic heterocycles. The topological polar surface area (TPSA) is 35.5 Å². The van der Waals surface area contributed by atoms with Crippen LogP contribution in [0.5, 0.6) is 5.75 Å². The smallest absolute Gasteiger partial charge is 0.309 e. The fourth-order valence-corrected chi connectivity index (χ4v) is 4.53. The van der Waals surface area contributed by atoms with E-state index in [0.29, 0.717) is 11.6 Å². The molecule has 0 radical (unpaired) electrons. The van der Waals surface area contributed by atoms with Crippen LogP contribution in [0, 0.1) is 25.7 Å². The van der Waals surface area contributed by atoms with Crippen molar-refractivity contribution in [1.82, 2.24) is 0 Å². The molecule has 2 aromatic carbocycles. The van der Waals surface area contributed by atoms with Crippen LogP contribution in [0.2, 0.25) is 5.02 Å². The van der Waals surface area contributed by atoms with Crippen LogP contribution in [0.15, 0.2) is 30.3 Å². The molecule has 2 aliphatic rings. The molecule has 136 valence electrons. The Hall–Kier alpha value is -2.00. The highest BCUT2D eigenvalue weighted by Gasteiger charge is 2.46. The van der Waals surface area contributed by atoms with Crippen LogP contribution in [0.25, 0.3) is 0 Å². The predicted octanol–water partition coefficient (Wildman–Crippen LogP) is 5.33. The van der Waals surface area contributed by atoms with Gasteiger partial charge in [0.1, 0.15) is 18.5 Å². The van der Waals surface area contributed by atoms with E-state index in [2.05, 4.69) is 19.9 Å². The zero-order valence-electron chi connectivity index (χ0n) is 15.3. The SMILES string of the molecule is Cc1cc(OCc2ccccc2Cl)c(C)c2c1CC[C@H]1C(C)C(=O)OC21. The van der Waals surface area contributed by atoms with E-state index in [1.807, 2.05) is 31.2 Å². The van der Waals surface area contributed by atoms with Gasteiger partial charge < -0.3 is 9.47 Å². The van der Waals surface area contributed by atoms with Gasteiger partial charge in [0.25, 0.3) is 0 Å². The standard InChI is InChI=1S/C22H23ClO3/c1-12-10-19(25-11-15-6-4-5-7-18(15)23)14(3)20-16(12)8-9-17-13(2)22(24)26-21(17)20/h4-7,10,13,17,21H,8-9,11H2,1-3H3/t13?,17-,21?/m0/s1. The first-order chi connectivity index (χ1) is 12.5. The first-order valence-corrected chi connectivity index (χ1v) is 9.55. The van der Waals surface area contributed by atoms with Crippen LogP contribution in [0.1, 0.15) is 47.3 Å². The molecule has 1 saturated heterocycles. The zero-order chi connectivity index (χ0) is 18.4. The Balaban J connectivity index is 1.68. The van der Waals surface area contributed by atoms with E-state index in [-0.39, 0.29) is 23.9 Å². The molecule has 2 aromatic rings. The van der Waals surface area contributed by atoms with Crippen molar-refractivity contribution in [3.05, 3.63) is 63.2 Å². The molecule has 0 N–H and O–H groups in total. The Morgan fingerprint density at radius 1 is 1.27 bits per heavy atom. The second kappa shape index (κ2) is 6.62. The molecular weight excluding hydrogens is 348 g/mol. The van der Waals surface area contributed by atoms with Gasteiger partial charge in [0.2, 0.25) is 0 Å². The third-order valence-electron chi connectivity index (χ3n) is 5.92. The molecule has 4 rings (SSSR count). The maximum atomic E-state index is 12.1. The second-order valence-electron chi connectivity index (χ2n) is 7.44. The number of fused-ring (bicyclic) bond motifs is 3. The normalized spacial score (nSPS) is 24.0. The molecule has 0 amide bonds. The number of benzene rings is 2. The minimum Gasteiger partial charge on any atom is -0.489 e. The molecule has 0 bridgehead atoms. The Bertz CT molecular complexity index is 874. The van der Waals surface area contributed by atoms with E-state index in [1.165, 1.54) is 11.1 Å². The van der Waals surface area contributed by atoms with Gasteiger partial charge in [-0.15, -0.1) is 0 Å². The van der Waals surface area contributed by atoms with E-state index in [4.69, 9.17) is 21.1 Å². The van der Waals surface area contributed by atoms with Gasteiger partial charge in [-0.25, -0.2) is 0 Å². The summed E-state index contributed by atoms with van der Waals surface area (Å²) in [5.74, 6) is 1.01. The zero-order valence-corrected chi connectivity index (χ0v) is 16.1. The largest absolute Gasteiger partial charge is 0.489 e. The lowest BCUT2D eigenvalue weighted by atomic mass is 9.74. The highest BCUT2D eigenvalue weighted by Crippen LogP contribution is 2.49. The molecule has 1 aliphatic heterocycles. The summed E-state index contributed by atoms with van der Waals surface area (Å²) in [4.78, 5) is 12.1. The van der Waals surface area contributed by atoms with Crippen molar-refractivity contribution in [2.45, 2.75) is 46.3 Å². The molecular formula is C22H23ClO3. The van der Waals surface area contributed by atoms with Crippen molar-refractivity contribution in [3.63, 3.8) is 0 Å². The van der Waals surface area contributed by atoms with Gasteiger partial charge in [-0.2, -0.15) is 0 Å². The fourth-order valence-electron chi connectivity index (χ4n) is 4.34. The van der Waals surface area contributed by atoms with Crippen LogP contribution in [-0.2, 0) is 22.6 Å². The summed E-state index contributed by atoms with van der Waals surface area (Å²) in [5.41, 5.74) is 5.72. The average molecular weight is 371 g/mol. The first kappa shape index (κ1) is 17.4. The van der Waals surface area contributed by atoms with Crippen molar-refractivity contribution in [2.75, 3.05) is 0 Å². The van der Waals surface area contributed by atoms with Crippen molar-refractivity contribution >= 4 is 17.6 Å². The lowest BCUT2D eigenvalue weighted by molar-refractivity contribution is -0.144. The molecule has 26 heavy (non-hydrogen) atoms. The third-order valence-corrected chi connectivity index (χ3v) is 6.29. The minimum absolute atomic E-state index is 0.0273. The lowest BCUT2D eigenvalue weighted by Gasteiger charge is -2.31. The van der Waals surface area contributed by atoms with E-state index in [0.717, 1.165) is 35.3 Å². The maximum absolute atomic E-state index is 12.1. The molecule has 3 atom stereocenters. The summed E-state index contributed by atoms with van der Waals surface area (Å²) in [7, 11) is 0. The predicted molar refractivity (Wildman–Crippen MR) is 102 cm³/mol. The number of carbonyl (C=O) groups is 1. The van der Waals surface area contributed by atoms with Crippen molar-refractivity contribution in [3.8, 4) is 5.75 Å². The van der Waals surface area contributed by atoms with Crippen molar-refractivity contribution in [1.29, 1.82) is 0 Å². The average Bonchev–Trinajstić information content (AvgIpc) is 2.92. The molecule has 1 fully saturated rings. The summed E-state index contributed by atoms with van der Waals surface area (Å²) in [6, 6.07) is 9.81. The molecule has 0 saturated carbocycles. The Labute approximate surface area is 159 Å². The molecule has 2 unspecified atom stereocenters. The quantitative estimate of drug-likeness (QED) is 0.685. The number of hydrogen-bond acceptors (Lipinski definition) is 3. The van der Waals surface area contributed by atoms with Gasteiger partial charge in [0, 0.05) is 22.1 Å². The van der Waals surface area contributed by atoms with Crippen LogP contribution < -0.4 is 4.74 Å². The summed E-state index contributed by atoms with van der Waals surface area (Å²) in [6.07, 6.45) is 1.86. The van der Waals surface area contributed by atoms with Crippen molar-refractivity contribution < 1.29 is 14.3 Å². The summed E-state index contributed by atoms with van der Waals surface area (Å²) < 4.78 is 11.9. The third kappa shape index (κ3) is 2.79. The number of hydrogen-bond donors (Lipinski definition) is 0. The highest BCUT2D eigenvalue weighted by atomic mass is 35.5.